The molecule has 16 heavy (non-hydrogen) atoms. The van der Waals surface area contributed by atoms with Crippen molar-refractivity contribution >= 4 is 0 Å². The zero-order valence-electron chi connectivity index (χ0n) is 11.5. The highest BCUT2D eigenvalue weighted by Crippen LogP contribution is 2.26. The summed E-state index contributed by atoms with van der Waals surface area (Å²) >= 11 is 0. The molecule has 1 N–H and O–H groups in total. The average molecular weight is 226 g/mol. The van der Waals surface area contributed by atoms with Gasteiger partial charge in [-0.25, -0.2) is 0 Å². The highest BCUT2D eigenvalue weighted by molar-refractivity contribution is 4.76. The fraction of sp³-hybridized carbons (Fsp3) is 1.00. The number of hydrogen-bond acceptors (Lipinski definition) is 2. The van der Waals surface area contributed by atoms with E-state index in [2.05, 4.69) is 31.1 Å². The van der Waals surface area contributed by atoms with Crippen LogP contribution in [0.25, 0.3) is 0 Å². The summed E-state index contributed by atoms with van der Waals surface area (Å²) in [6, 6.07) is 0.704. The van der Waals surface area contributed by atoms with E-state index in [9.17, 15) is 0 Å². The maximum absolute atomic E-state index is 3.67. The zero-order chi connectivity index (χ0) is 11.8. The first-order chi connectivity index (χ1) is 7.76. The van der Waals surface area contributed by atoms with Crippen LogP contribution in [-0.4, -0.2) is 37.6 Å². The van der Waals surface area contributed by atoms with Crippen LogP contribution in [0.2, 0.25) is 0 Å². The minimum atomic E-state index is 0.704. The molecule has 0 spiro atoms. The van der Waals surface area contributed by atoms with Crippen LogP contribution in [0.3, 0.4) is 0 Å². The lowest BCUT2D eigenvalue weighted by molar-refractivity contribution is 0.189. The van der Waals surface area contributed by atoms with Gasteiger partial charge < -0.3 is 10.2 Å². The van der Waals surface area contributed by atoms with Crippen LogP contribution in [0.1, 0.15) is 52.4 Å². The molecule has 2 heteroatoms. The van der Waals surface area contributed by atoms with Gasteiger partial charge in [0, 0.05) is 19.1 Å². The molecule has 2 nitrogen and oxygen atoms in total. The highest BCUT2D eigenvalue weighted by Gasteiger charge is 2.20. The molecule has 96 valence electrons. The molecule has 0 bridgehead atoms. The molecule has 0 aliphatic heterocycles. The Morgan fingerprint density at radius 1 is 1.25 bits per heavy atom. The van der Waals surface area contributed by atoms with Crippen LogP contribution in [0, 0.1) is 5.92 Å². The minimum absolute atomic E-state index is 0.704. The molecule has 0 aromatic heterocycles. The zero-order valence-corrected chi connectivity index (χ0v) is 11.5. The lowest BCUT2D eigenvalue weighted by atomic mass is 9.85. The second-order valence-corrected chi connectivity index (χ2v) is 5.46. The monoisotopic (exact) mass is 226 g/mol. The topological polar surface area (TPSA) is 15.3 Å². The fourth-order valence-corrected chi connectivity index (χ4v) is 2.52. The minimum Gasteiger partial charge on any atom is -0.313 e. The van der Waals surface area contributed by atoms with E-state index in [1.165, 1.54) is 58.2 Å². The van der Waals surface area contributed by atoms with Crippen molar-refractivity contribution in [1.82, 2.24) is 10.2 Å². The summed E-state index contributed by atoms with van der Waals surface area (Å²) in [5.41, 5.74) is 0. The van der Waals surface area contributed by atoms with Crippen molar-refractivity contribution in [3.05, 3.63) is 0 Å². The van der Waals surface area contributed by atoms with Gasteiger partial charge in [0.2, 0.25) is 0 Å². The summed E-state index contributed by atoms with van der Waals surface area (Å²) in [4.78, 5) is 2.53. The quantitative estimate of drug-likeness (QED) is 0.650. The summed E-state index contributed by atoms with van der Waals surface area (Å²) in [7, 11) is 2.29. The molecular weight excluding hydrogens is 196 g/mol. The molecule has 0 radical (unpaired) electrons. The molecular formula is C14H30N2. The molecule has 1 atom stereocenters. The third-order valence-corrected chi connectivity index (χ3v) is 3.65. The largest absolute Gasteiger partial charge is 0.313 e. The lowest BCUT2D eigenvalue weighted by Crippen LogP contribution is -2.42. The first-order valence-corrected chi connectivity index (χ1v) is 7.18. The standard InChI is InChI=1S/C14H30N2/c1-4-7-14(15-10-5-2)12-16(3)11-13-8-6-9-13/h13-15H,4-12H2,1-3H3. The second kappa shape index (κ2) is 8.08. The fourth-order valence-electron chi connectivity index (χ4n) is 2.52. The van der Waals surface area contributed by atoms with E-state index in [-0.39, 0.29) is 0 Å². The smallest absolute Gasteiger partial charge is 0.0194 e. The molecule has 0 amide bonds. The maximum Gasteiger partial charge on any atom is 0.0194 e. The predicted molar refractivity (Wildman–Crippen MR) is 71.8 cm³/mol. The summed E-state index contributed by atoms with van der Waals surface area (Å²) in [6.07, 6.45) is 8.24. The number of hydrogen-bond donors (Lipinski definition) is 1. The van der Waals surface area contributed by atoms with E-state index in [1.54, 1.807) is 0 Å². The number of rotatable bonds is 9. The van der Waals surface area contributed by atoms with Crippen molar-refractivity contribution in [2.24, 2.45) is 5.92 Å². The molecule has 1 fully saturated rings. The molecule has 1 rings (SSSR count). The van der Waals surface area contributed by atoms with Crippen LogP contribution in [0.15, 0.2) is 0 Å². The number of likely N-dealkylation sites (N-methyl/N-ethyl adjacent to an activating group) is 1. The summed E-state index contributed by atoms with van der Waals surface area (Å²) in [6.45, 7) is 8.24. The van der Waals surface area contributed by atoms with E-state index >= 15 is 0 Å². The Morgan fingerprint density at radius 2 is 2.00 bits per heavy atom. The van der Waals surface area contributed by atoms with Crippen molar-refractivity contribution in [1.29, 1.82) is 0 Å². The molecule has 1 saturated carbocycles. The Bertz CT molecular complexity index is 166. The van der Waals surface area contributed by atoms with Crippen LogP contribution >= 0.6 is 0 Å². The molecule has 0 saturated heterocycles. The summed E-state index contributed by atoms with van der Waals surface area (Å²) in [5.74, 6) is 0.999. The van der Waals surface area contributed by atoms with Crippen LogP contribution in [0.5, 0.6) is 0 Å². The Hall–Kier alpha value is -0.0800. The van der Waals surface area contributed by atoms with Gasteiger partial charge in [0.1, 0.15) is 0 Å². The molecule has 1 unspecified atom stereocenters. The molecule has 1 aliphatic rings. The summed E-state index contributed by atoms with van der Waals surface area (Å²) < 4.78 is 0. The first-order valence-electron chi connectivity index (χ1n) is 7.18. The lowest BCUT2D eigenvalue weighted by Gasteiger charge is -2.32. The number of nitrogens with zero attached hydrogens (tertiary/aromatic N) is 1. The Kier molecular flexibility index (Phi) is 7.06. The molecule has 0 heterocycles. The Labute approximate surface area is 102 Å². The van der Waals surface area contributed by atoms with E-state index in [1.807, 2.05) is 0 Å². The summed E-state index contributed by atoms with van der Waals surface area (Å²) in [5, 5.41) is 3.67. The van der Waals surface area contributed by atoms with Gasteiger partial charge in [-0.3, -0.25) is 0 Å². The Balaban J connectivity index is 2.16. The average Bonchev–Trinajstić information content (AvgIpc) is 2.20. The van der Waals surface area contributed by atoms with E-state index in [0.29, 0.717) is 6.04 Å². The van der Waals surface area contributed by atoms with Gasteiger partial charge >= 0.3 is 0 Å². The molecule has 0 aromatic carbocycles. The molecule has 0 aromatic rings. The SMILES string of the molecule is CCCNC(CCC)CN(C)CC1CCC1. The van der Waals surface area contributed by atoms with Crippen molar-refractivity contribution in [3.8, 4) is 0 Å². The van der Waals surface area contributed by atoms with Gasteiger partial charge in [-0.05, 0) is 45.2 Å². The second-order valence-electron chi connectivity index (χ2n) is 5.46. The normalized spacial score (nSPS) is 18.8. The highest BCUT2D eigenvalue weighted by atomic mass is 15.1. The van der Waals surface area contributed by atoms with Crippen LogP contribution in [-0.2, 0) is 0 Å². The van der Waals surface area contributed by atoms with Gasteiger partial charge in [-0.15, -0.1) is 0 Å². The van der Waals surface area contributed by atoms with Crippen LogP contribution in [0.4, 0.5) is 0 Å². The van der Waals surface area contributed by atoms with Crippen molar-refractivity contribution in [2.45, 2.75) is 58.4 Å². The Morgan fingerprint density at radius 3 is 2.50 bits per heavy atom. The predicted octanol–water partition coefficient (Wildman–Crippen LogP) is 2.89. The third kappa shape index (κ3) is 5.31. The van der Waals surface area contributed by atoms with Crippen molar-refractivity contribution in [2.75, 3.05) is 26.7 Å². The van der Waals surface area contributed by atoms with Gasteiger partial charge in [0.05, 0.1) is 0 Å². The first kappa shape index (κ1) is 14.0. The van der Waals surface area contributed by atoms with Gasteiger partial charge in [-0.2, -0.15) is 0 Å². The van der Waals surface area contributed by atoms with Crippen molar-refractivity contribution in [3.63, 3.8) is 0 Å². The molecule has 1 aliphatic carbocycles. The van der Waals surface area contributed by atoms with Crippen LogP contribution < -0.4 is 5.32 Å². The van der Waals surface area contributed by atoms with E-state index in [0.717, 1.165) is 5.92 Å². The third-order valence-electron chi connectivity index (χ3n) is 3.65. The maximum atomic E-state index is 3.67. The van der Waals surface area contributed by atoms with Gasteiger partial charge in [0.25, 0.3) is 0 Å². The number of nitrogens with one attached hydrogen (secondary N) is 1. The van der Waals surface area contributed by atoms with Gasteiger partial charge in [-0.1, -0.05) is 26.7 Å². The van der Waals surface area contributed by atoms with Crippen molar-refractivity contribution < 1.29 is 0 Å². The van der Waals surface area contributed by atoms with E-state index < -0.39 is 0 Å². The van der Waals surface area contributed by atoms with Gasteiger partial charge in [0.15, 0.2) is 0 Å². The van der Waals surface area contributed by atoms with E-state index in [4.69, 9.17) is 0 Å².